The van der Waals surface area contributed by atoms with Gasteiger partial charge in [-0.2, -0.15) is 5.10 Å². The highest BCUT2D eigenvalue weighted by Crippen LogP contribution is 2.08. The Labute approximate surface area is 93.7 Å². The van der Waals surface area contributed by atoms with Crippen molar-refractivity contribution in [2.75, 3.05) is 0 Å². The zero-order chi connectivity index (χ0) is 11.5. The maximum absolute atomic E-state index is 11.6. The van der Waals surface area contributed by atoms with Crippen molar-refractivity contribution >= 4 is 5.78 Å². The third-order valence-electron chi connectivity index (χ3n) is 2.30. The zero-order valence-corrected chi connectivity index (χ0v) is 9.00. The van der Waals surface area contributed by atoms with Gasteiger partial charge >= 0.3 is 0 Å². The van der Waals surface area contributed by atoms with Crippen molar-refractivity contribution in [1.82, 2.24) is 9.78 Å². The van der Waals surface area contributed by atoms with Crippen molar-refractivity contribution in [1.29, 1.82) is 0 Å². The van der Waals surface area contributed by atoms with Crippen molar-refractivity contribution in [3.05, 3.63) is 48.3 Å². The van der Waals surface area contributed by atoms with E-state index in [4.69, 9.17) is 5.73 Å². The molecule has 0 aliphatic heterocycles. The van der Waals surface area contributed by atoms with Gasteiger partial charge in [0.1, 0.15) is 0 Å². The number of hydrogen-bond acceptors (Lipinski definition) is 3. The lowest BCUT2D eigenvalue weighted by Crippen LogP contribution is -2.26. The van der Waals surface area contributed by atoms with Crippen molar-refractivity contribution < 1.29 is 4.79 Å². The van der Waals surface area contributed by atoms with Gasteiger partial charge in [0.25, 0.3) is 0 Å². The minimum atomic E-state index is -0.492. The second-order valence-corrected chi connectivity index (χ2v) is 3.66. The molecule has 0 amide bonds. The first-order valence-electron chi connectivity index (χ1n) is 5.08. The standard InChI is InChI=1S/C12H13N3O/c1-9(13)12(16)10-7-14-15(8-10)11-5-3-2-4-6-11/h2-9H,13H2,1H3. The third-order valence-corrected chi connectivity index (χ3v) is 2.30. The molecule has 0 spiro atoms. The van der Waals surface area contributed by atoms with Crippen LogP contribution >= 0.6 is 0 Å². The molecule has 1 heterocycles. The molecule has 0 saturated carbocycles. The number of aromatic nitrogens is 2. The van der Waals surface area contributed by atoms with E-state index in [1.165, 1.54) is 0 Å². The fourth-order valence-corrected chi connectivity index (χ4v) is 1.43. The average molecular weight is 215 g/mol. The molecule has 2 aromatic rings. The first-order valence-corrected chi connectivity index (χ1v) is 5.08. The summed E-state index contributed by atoms with van der Waals surface area (Å²) in [5, 5.41) is 4.13. The average Bonchev–Trinajstić information content (AvgIpc) is 2.78. The molecule has 16 heavy (non-hydrogen) atoms. The van der Waals surface area contributed by atoms with E-state index in [1.807, 2.05) is 30.3 Å². The number of carbonyl (C=O) groups excluding carboxylic acids is 1. The molecule has 2 N–H and O–H groups in total. The summed E-state index contributed by atoms with van der Waals surface area (Å²) in [5.41, 5.74) is 6.99. The molecule has 4 nitrogen and oxygen atoms in total. The van der Waals surface area contributed by atoms with E-state index in [0.717, 1.165) is 5.69 Å². The topological polar surface area (TPSA) is 60.9 Å². The van der Waals surface area contributed by atoms with E-state index >= 15 is 0 Å². The van der Waals surface area contributed by atoms with E-state index in [0.29, 0.717) is 5.56 Å². The summed E-state index contributed by atoms with van der Waals surface area (Å²) < 4.78 is 1.66. The van der Waals surface area contributed by atoms with Gasteiger partial charge in [-0.05, 0) is 19.1 Å². The summed E-state index contributed by atoms with van der Waals surface area (Å²) in [5.74, 6) is -0.0952. The predicted octanol–water partition coefficient (Wildman–Crippen LogP) is 1.40. The van der Waals surface area contributed by atoms with Crippen LogP contribution in [0, 0.1) is 0 Å². The summed E-state index contributed by atoms with van der Waals surface area (Å²) in [7, 11) is 0. The van der Waals surface area contributed by atoms with Crippen LogP contribution in [0.25, 0.3) is 5.69 Å². The number of para-hydroxylation sites is 1. The van der Waals surface area contributed by atoms with E-state index in [1.54, 1.807) is 24.0 Å². The molecular formula is C12H13N3O. The molecule has 0 fully saturated rings. The second kappa shape index (κ2) is 4.28. The third kappa shape index (κ3) is 2.01. The summed E-state index contributed by atoms with van der Waals surface area (Å²) >= 11 is 0. The fourth-order valence-electron chi connectivity index (χ4n) is 1.43. The Bertz CT molecular complexity index is 488. The first-order chi connectivity index (χ1) is 7.68. The normalized spacial score (nSPS) is 12.4. The number of benzene rings is 1. The Balaban J connectivity index is 2.30. The molecule has 1 aromatic carbocycles. The van der Waals surface area contributed by atoms with Crippen molar-refractivity contribution in [2.45, 2.75) is 13.0 Å². The molecule has 4 heteroatoms. The maximum Gasteiger partial charge on any atom is 0.182 e. The summed E-state index contributed by atoms with van der Waals surface area (Å²) in [4.78, 5) is 11.6. The molecule has 82 valence electrons. The van der Waals surface area contributed by atoms with E-state index < -0.39 is 6.04 Å². The van der Waals surface area contributed by atoms with Gasteiger partial charge in [-0.1, -0.05) is 18.2 Å². The summed E-state index contributed by atoms with van der Waals surface area (Å²) in [6.07, 6.45) is 3.24. The Morgan fingerprint density at radius 1 is 1.38 bits per heavy atom. The number of carbonyl (C=O) groups is 1. The Kier molecular flexibility index (Phi) is 2.83. The van der Waals surface area contributed by atoms with Gasteiger partial charge in [0.2, 0.25) is 0 Å². The molecule has 0 aliphatic rings. The smallest absolute Gasteiger partial charge is 0.182 e. The van der Waals surface area contributed by atoms with Crippen molar-refractivity contribution in [2.24, 2.45) is 5.73 Å². The summed E-state index contributed by atoms with van der Waals surface area (Å²) in [6.45, 7) is 1.67. The number of ketones is 1. The molecule has 0 saturated heterocycles. The number of Topliss-reactive ketones (excluding diaryl/α,β-unsaturated/α-hetero) is 1. The van der Waals surface area contributed by atoms with Crippen LogP contribution in [0.3, 0.4) is 0 Å². The van der Waals surface area contributed by atoms with Crippen LogP contribution in [0.2, 0.25) is 0 Å². The van der Waals surface area contributed by atoms with Crippen LogP contribution < -0.4 is 5.73 Å². The van der Waals surface area contributed by atoms with Gasteiger partial charge in [0.05, 0.1) is 23.5 Å². The van der Waals surface area contributed by atoms with Crippen LogP contribution in [-0.4, -0.2) is 21.6 Å². The van der Waals surface area contributed by atoms with Gasteiger partial charge in [0.15, 0.2) is 5.78 Å². The molecule has 2 rings (SSSR count). The highest BCUT2D eigenvalue weighted by Gasteiger charge is 2.13. The number of rotatable bonds is 3. The van der Waals surface area contributed by atoms with Crippen molar-refractivity contribution in [3.8, 4) is 5.69 Å². The molecule has 0 radical (unpaired) electrons. The van der Waals surface area contributed by atoms with Crippen LogP contribution in [0.15, 0.2) is 42.7 Å². The van der Waals surface area contributed by atoms with E-state index in [-0.39, 0.29) is 5.78 Å². The predicted molar refractivity (Wildman–Crippen MR) is 61.5 cm³/mol. The zero-order valence-electron chi connectivity index (χ0n) is 9.00. The van der Waals surface area contributed by atoms with Gasteiger partial charge in [0, 0.05) is 6.20 Å². The number of nitrogens with two attached hydrogens (primary N) is 1. The Morgan fingerprint density at radius 3 is 2.69 bits per heavy atom. The number of nitrogens with zero attached hydrogens (tertiary/aromatic N) is 2. The van der Waals surface area contributed by atoms with Crippen LogP contribution in [-0.2, 0) is 0 Å². The SMILES string of the molecule is CC(N)C(=O)c1cnn(-c2ccccc2)c1. The lowest BCUT2D eigenvalue weighted by atomic mass is 10.1. The lowest BCUT2D eigenvalue weighted by Gasteiger charge is -2.00. The number of hydrogen-bond donors (Lipinski definition) is 1. The molecule has 1 aromatic heterocycles. The first kappa shape index (κ1) is 10.6. The maximum atomic E-state index is 11.6. The Hall–Kier alpha value is -1.94. The molecule has 0 aliphatic carbocycles. The molecular weight excluding hydrogens is 202 g/mol. The minimum absolute atomic E-state index is 0.0952. The van der Waals surface area contributed by atoms with Gasteiger partial charge in [-0.25, -0.2) is 4.68 Å². The molecule has 1 unspecified atom stereocenters. The molecule has 0 bridgehead atoms. The largest absolute Gasteiger partial charge is 0.321 e. The summed E-state index contributed by atoms with van der Waals surface area (Å²) in [6, 6.07) is 9.13. The van der Waals surface area contributed by atoms with E-state index in [9.17, 15) is 4.79 Å². The van der Waals surface area contributed by atoms with Gasteiger partial charge in [-0.3, -0.25) is 4.79 Å². The lowest BCUT2D eigenvalue weighted by molar-refractivity contribution is 0.0968. The monoisotopic (exact) mass is 215 g/mol. The van der Waals surface area contributed by atoms with Gasteiger partial charge < -0.3 is 5.73 Å². The second-order valence-electron chi connectivity index (χ2n) is 3.66. The van der Waals surface area contributed by atoms with Crippen LogP contribution in [0.1, 0.15) is 17.3 Å². The minimum Gasteiger partial charge on any atom is -0.321 e. The Morgan fingerprint density at radius 2 is 2.06 bits per heavy atom. The van der Waals surface area contributed by atoms with Crippen LogP contribution in [0.5, 0.6) is 0 Å². The highest BCUT2D eigenvalue weighted by atomic mass is 16.1. The fraction of sp³-hybridized carbons (Fsp3) is 0.167. The van der Waals surface area contributed by atoms with E-state index in [2.05, 4.69) is 5.10 Å². The van der Waals surface area contributed by atoms with Crippen LogP contribution in [0.4, 0.5) is 0 Å². The quantitative estimate of drug-likeness (QED) is 0.787. The van der Waals surface area contributed by atoms with Gasteiger partial charge in [-0.15, -0.1) is 0 Å². The molecule has 1 atom stereocenters. The highest BCUT2D eigenvalue weighted by molar-refractivity contribution is 5.99. The van der Waals surface area contributed by atoms with Crippen molar-refractivity contribution in [3.63, 3.8) is 0 Å².